The maximum atomic E-state index is 6.20. The number of nitrogens with one attached hydrogen (secondary N) is 3. The van der Waals surface area contributed by atoms with Crippen molar-refractivity contribution in [1.82, 2.24) is 35.5 Å². The summed E-state index contributed by atoms with van der Waals surface area (Å²) in [6.07, 6.45) is 12.5. The Morgan fingerprint density at radius 3 is 2.79 bits per heavy atom. The molecule has 2 aliphatic carbocycles. The van der Waals surface area contributed by atoms with E-state index < -0.39 is 0 Å². The SMILES string of the molecule is C=C1C=C(c2ccc3[nH]nc(-c4nc5c(-c6ccc(Cl)s6)ccnc5[nH]4)c3n2)C=C(CNCC2CCCC2)C1. The number of thiophene rings is 1. The van der Waals surface area contributed by atoms with Crippen LogP contribution in [0.2, 0.25) is 4.34 Å². The van der Waals surface area contributed by atoms with Gasteiger partial charge in [0, 0.05) is 28.8 Å². The molecule has 0 bridgehead atoms. The zero-order valence-corrected chi connectivity index (χ0v) is 23.0. The fourth-order valence-corrected chi connectivity index (χ4v) is 6.76. The number of pyridine rings is 2. The van der Waals surface area contributed by atoms with E-state index in [-0.39, 0.29) is 0 Å². The first kappa shape index (κ1) is 24.5. The van der Waals surface area contributed by atoms with Crippen LogP contribution in [0.3, 0.4) is 0 Å². The molecule has 1 saturated carbocycles. The van der Waals surface area contributed by atoms with Gasteiger partial charge in [0.1, 0.15) is 11.0 Å². The molecule has 0 radical (unpaired) electrons. The second-order valence-electron chi connectivity index (χ2n) is 10.4. The minimum Gasteiger partial charge on any atom is -0.321 e. The van der Waals surface area contributed by atoms with Crippen LogP contribution in [0.25, 0.3) is 49.7 Å². The van der Waals surface area contributed by atoms with Gasteiger partial charge in [-0.05, 0) is 68.1 Å². The van der Waals surface area contributed by atoms with Gasteiger partial charge in [-0.1, -0.05) is 48.2 Å². The number of rotatable bonds is 7. The summed E-state index contributed by atoms with van der Waals surface area (Å²) in [7, 11) is 0. The van der Waals surface area contributed by atoms with Gasteiger partial charge in [-0.25, -0.2) is 15.0 Å². The lowest BCUT2D eigenvalue weighted by atomic mass is 9.94. The van der Waals surface area contributed by atoms with E-state index in [1.54, 1.807) is 6.20 Å². The van der Waals surface area contributed by atoms with Gasteiger partial charge in [0.05, 0.1) is 15.5 Å². The van der Waals surface area contributed by atoms with Crippen LogP contribution in [0.5, 0.6) is 0 Å². The first-order valence-electron chi connectivity index (χ1n) is 13.4. The van der Waals surface area contributed by atoms with Crippen LogP contribution in [-0.4, -0.2) is 43.2 Å². The summed E-state index contributed by atoms with van der Waals surface area (Å²) < 4.78 is 0.738. The molecule has 0 atom stereocenters. The van der Waals surface area contributed by atoms with Crippen molar-refractivity contribution in [3.63, 3.8) is 0 Å². The third kappa shape index (κ3) is 4.84. The van der Waals surface area contributed by atoms with Crippen molar-refractivity contribution >= 4 is 50.7 Å². The van der Waals surface area contributed by atoms with Crippen LogP contribution in [0.1, 0.15) is 37.8 Å². The predicted molar refractivity (Wildman–Crippen MR) is 160 cm³/mol. The molecule has 0 unspecified atom stereocenters. The van der Waals surface area contributed by atoms with Crippen LogP contribution in [0.15, 0.2) is 66.4 Å². The molecule has 5 aromatic rings. The van der Waals surface area contributed by atoms with E-state index in [1.165, 1.54) is 42.6 Å². The highest BCUT2D eigenvalue weighted by atomic mass is 35.5. The monoisotopic (exact) mass is 553 g/mol. The highest BCUT2D eigenvalue weighted by Crippen LogP contribution is 2.36. The largest absolute Gasteiger partial charge is 0.321 e. The van der Waals surface area contributed by atoms with Gasteiger partial charge in [0.25, 0.3) is 0 Å². The number of hydrogen-bond acceptors (Lipinski definition) is 6. The van der Waals surface area contributed by atoms with Crippen LogP contribution in [0.4, 0.5) is 0 Å². The molecule has 39 heavy (non-hydrogen) atoms. The van der Waals surface area contributed by atoms with Gasteiger partial charge in [0.15, 0.2) is 17.2 Å². The highest BCUT2D eigenvalue weighted by molar-refractivity contribution is 7.19. The van der Waals surface area contributed by atoms with Crippen LogP contribution in [0, 0.1) is 5.92 Å². The molecule has 7 nitrogen and oxygen atoms in total. The van der Waals surface area contributed by atoms with Crippen molar-refractivity contribution in [1.29, 1.82) is 0 Å². The molecule has 0 saturated heterocycles. The summed E-state index contributed by atoms with van der Waals surface area (Å²) >= 11 is 7.72. The fourth-order valence-electron chi connectivity index (χ4n) is 5.69. The van der Waals surface area contributed by atoms with Crippen molar-refractivity contribution in [2.75, 3.05) is 13.1 Å². The van der Waals surface area contributed by atoms with Crippen molar-refractivity contribution in [2.45, 2.75) is 32.1 Å². The molecule has 5 heterocycles. The molecule has 0 aliphatic heterocycles. The summed E-state index contributed by atoms with van der Waals surface area (Å²) in [6, 6.07) is 9.93. The quantitative estimate of drug-likeness (QED) is 0.196. The Morgan fingerprint density at radius 1 is 1.05 bits per heavy atom. The number of aromatic amines is 2. The lowest BCUT2D eigenvalue weighted by Gasteiger charge is -2.17. The maximum Gasteiger partial charge on any atom is 0.162 e. The second-order valence-corrected chi connectivity index (χ2v) is 12.1. The Hall–Kier alpha value is -3.59. The van der Waals surface area contributed by atoms with Crippen LogP contribution in [-0.2, 0) is 0 Å². The number of hydrogen-bond donors (Lipinski definition) is 3. The Labute approximate surface area is 235 Å². The van der Waals surface area contributed by atoms with Gasteiger partial charge >= 0.3 is 0 Å². The summed E-state index contributed by atoms with van der Waals surface area (Å²) in [5, 5.41) is 11.4. The van der Waals surface area contributed by atoms with Crippen molar-refractivity contribution in [3.8, 4) is 22.0 Å². The molecule has 5 aromatic heterocycles. The molecule has 2 aliphatic rings. The van der Waals surface area contributed by atoms with Crippen molar-refractivity contribution in [3.05, 3.63) is 76.4 Å². The Morgan fingerprint density at radius 2 is 1.95 bits per heavy atom. The molecular formula is C30H28ClN7S. The number of imidazole rings is 1. The van der Waals surface area contributed by atoms with E-state index in [0.29, 0.717) is 17.2 Å². The van der Waals surface area contributed by atoms with Crippen LogP contribution < -0.4 is 5.32 Å². The number of H-pyrrole nitrogens is 2. The van der Waals surface area contributed by atoms with E-state index in [4.69, 9.17) is 21.6 Å². The number of fused-ring (bicyclic) bond motifs is 2. The lowest BCUT2D eigenvalue weighted by Crippen LogP contribution is -2.24. The van der Waals surface area contributed by atoms with Crippen LogP contribution >= 0.6 is 22.9 Å². The number of halogens is 1. The summed E-state index contributed by atoms with van der Waals surface area (Å²) in [5.74, 6) is 1.45. The summed E-state index contributed by atoms with van der Waals surface area (Å²) in [4.78, 5) is 18.8. The van der Waals surface area contributed by atoms with Gasteiger partial charge in [-0.3, -0.25) is 5.10 Å². The second kappa shape index (κ2) is 10.2. The molecule has 0 spiro atoms. The minimum absolute atomic E-state index is 0.623. The Balaban J connectivity index is 1.20. The third-order valence-electron chi connectivity index (χ3n) is 7.58. The summed E-state index contributed by atoms with van der Waals surface area (Å²) in [6.45, 7) is 6.26. The molecule has 1 fully saturated rings. The number of allylic oxidation sites excluding steroid dienone is 4. The standard InChI is InChI=1S/C30H28ClN7S/c1-17-12-19(16-32-15-18-4-2-3-5-18)14-20(13-17)22-6-7-23-27(34-22)28(38-37-23)30-35-26-21(10-11-33-29(26)36-30)24-8-9-25(31)39-24/h6-11,13-14,18,32H,1-5,12,15-16H2,(H,37,38)(H,33,35,36). The molecular weight excluding hydrogens is 526 g/mol. The lowest BCUT2D eigenvalue weighted by molar-refractivity contribution is 0.501. The molecule has 0 amide bonds. The molecule has 0 aromatic carbocycles. The van der Waals surface area contributed by atoms with Gasteiger partial charge in [-0.2, -0.15) is 5.10 Å². The van der Waals surface area contributed by atoms with E-state index in [1.807, 2.05) is 30.3 Å². The predicted octanol–water partition coefficient (Wildman–Crippen LogP) is 7.33. The fraction of sp³-hybridized carbons (Fsp3) is 0.267. The topological polar surface area (TPSA) is 95.2 Å². The van der Waals surface area contributed by atoms with Gasteiger partial charge in [-0.15, -0.1) is 11.3 Å². The molecule has 196 valence electrons. The molecule has 9 heteroatoms. The van der Waals surface area contributed by atoms with E-state index in [0.717, 1.165) is 73.6 Å². The van der Waals surface area contributed by atoms with Crippen molar-refractivity contribution in [2.24, 2.45) is 5.92 Å². The zero-order valence-electron chi connectivity index (χ0n) is 21.4. The average molecular weight is 554 g/mol. The average Bonchev–Trinajstić information content (AvgIpc) is 3.74. The smallest absolute Gasteiger partial charge is 0.162 e. The normalized spacial score (nSPS) is 16.4. The number of aromatic nitrogens is 6. The summed E-state index contributed by atoms with van der Waals surface area (Å²) in [5.41, 5.74) is 9.15. The zero-order chi connectivity index (χ0) is 26.3. The Bertz CT molecular complexity index is 1770. The molecule has 3 N–H and O–H groups in total. The molecule has 7 rings (SSSR count). The van der Waals surface area contributed by atoms with E-state index in [9.17, 15) is 0 Å². The maximum absolute atomic E-state index is 6.20. The minimum atomic E-state index is 0.623. The highest BCUT2D eigenvalue weighted by Gasteiger charge is 2.19. The first-order chi connectivity index (χ1) is 19.1. The van der Waals surface area contributed by atoms with E-state index in [2.05, 4.69) is 44.2 Å². The van der Waals surface area contributed by atoms with E-state index >= 15 is 0 Å². The third-order valence-corrected chi connectivity index (χ3v) is 8.85. The Kier molecular flexibility index (Phi) is 6.39. The van der Waals surface area contributed by atoms with Gasteiger partial charge < -0.3 is 10.3 Å². The van der Waals surface area contributed by atoms with Gasteiger partial charge in [0.2, 0.25) is 0 Å². The van der Waals surface area contributed by atoms with Crippen molar-refractivity contribution < 1.29 is 0 Å². The number of nitrogens with zero attached hydrogens (tertiary/aromatic N) is 4. The first-order valence-corrected chi connectivity index (χ1v) is 14.6.